The molecule has 1 rings (SSSR count). The molecule has 0 amide bonds. The van der Waals surface area contributed by atoms with Gasteiger partial charge in [-0.05, 0) is 38.8 Å². The summed E-state index contributed by atoms with van der Waals surface area (Å²) in [7, 11) is 2.27. The number of hydrogen-bond acceptors (Lipinski definition) is 2. The summed E-state index contributed by atoms with van der Waals surface area (Å²) in [6, 6.07) is 0. The van der Waals surface area contributed by atoms with Gasteiger partial charge in [-0.25, -0.2) is 0 Å². The predicted octanol–water partition coefficient (Wildman–Crippen LogP) is 2.63. The molecule has 0 radical (unpaired) electrons. The molecule has 0 aromatic heterocycles. The first-order valence-corrected chi connectivity index (χ1v) is 6.58. The Kier molecular flexibility index (Phi) is 5.07. The van der Waals surface area contributed by atoms with Crippen LogP contribution in [0.2, 0.25) is 0 Å². The first kappa shape index (κ1) is 13.0. The highest BCUT2D eigenvalue weighted by Crippen LogP contribution is 2.37. The van der Waals surface area contributed by atoms with Gasteiger partial charge in [0.2, 0.25) is 0 Å². The lowest BCUT2D eigenvalue weighted by Crippen LogP contribution is -2.58. The van der Waals surface area contributed by atoms with E-state index < -0.39 is 0 Å². The van der Waals surface area contributed by atoms with Crippen LogP contribution in [0, 0.1) is 5.92 Å². The van der Waals surface area contributed by atoms with Crippen molar-refractivity contribution in [2.45, 2.75) is 57.9 Å². The van der Waals surface area contributed by atoms with Gasteiger partial charge in [0.1, 0.15) is 0 Å². The van der Waals surface area contributed by atoms with Crippen LogP contribution >= 0.6 is 0 Å². The standard InChI is InChI=1S/C13H28N2/c1-4-5-10-15(3)13(11-14)9-7-6-8-12(13)2/h12H,4-11,14H2,1-3H3. The minimum Gasteiger partial charge on any atom is -0.329 e. The lowest BCUT2D eigenvalue weighted by molar-refractivity contribution is 0.0329. The molecule has 2 unspecified atom stereocenters. The summed E-state index contributed by atoms with van der Waals surface area (Å²) >= 11 is 0. The van der Waals surface area contributed by atoms with E-state index in [0.717, 1.165) is 12.5 Å². The second-order valence-corrected chi connectivity index (χ2v) is 5.23. The van der Waals surface area contributed by atoms with Crippen LogP contribution < -0.4 is 5.73 Å². The molecule has 0 aliphatic heterocycles. The molecule has 1 saturated carbocycles. The Morgan fingerprint density at radius 3 is 2.67 bits per heavy atom. The molecule has 1 fully saturated rings. The number of nitrogens with two attached hydrogens (primary N) is 1. The van der Waals surface area contributed by atoms with Gasteiger partial charge in [-0.2, -0.15) is 0 Å². The minimum atomic E-state index is 0.299. The van der Waals surface area contributed by atoms with E-state index in [1.165, 1.54) is 45.1 Å². The summed E-state index contributed by atoms with van der Waals surface area (Å²) < 4.78 is 0. The summed E-state index contributed by atoms with van der Waals surface area (Å²) in [6.07, 6.45) is 7.98. The monoisotopic (exact) mass is 212 g/mol. The zero-order valence-corrected chi connectivity index (χ0v) is 10.8. The second-order valence-electron chi connectivity index (χ2n) is 5.23. The molecule has 0 aromatic carbocycles. The molecule has 0 aromatic rings. The van der Waals surface area contributed by atoms with Crippen molar-refractivity contribution in [1.82, 2.24) is 4.90 Å². The maximum atomic E-state index is 6.06. The van der Waals surface area contributed by atoms with E-state index in [0.29, 0.717) is 5.54 Å². The number of nitrogens with zero attached hydrogens (tertiary/aromatic N) is 1. The molecule has 2 heteroatoms. The molecule has 1 aliphatic carbocycles. The van der Waals surface area contributed by atoms with Gasteiger partial charge < -0.3 is 5.73 Å². The van der Waals surface area contributed by atoms with Crippen LogP contribution in [0.1, 0.15) is 52.4 Å². The van der Waals surface area contributed by atoms with Crippen molar-refractivity contribution >= 4 is 0 Å². The van der Waals surface area contributed by atoms with E-state index in [2.05, 4.69) is 25.8 Å². The Hall–Kier alpha value is -0.0800. The van der Waals surface area contributed by atoms with E-state index >= 15 is 0 Å². The summed E-state index contributed by atoms with van der Waals surface area (Å²) in [6.45, 7) is 6.67. The topological polar surface area (TPSA) is 29.3 Å². The molecule has 0 spiro atoms. The first-order valence-electron chi connectivity index (χ1n) is 6.58. The molecule has 1 aliphatic rings. The lowest BCUT2D eigenvalue weighted by Gasteiger charge is -2.48. The van der Waals surface area contributed by atoms with E-state index in [4.69, 9.17) is 5.73 Å². The molecular formula is C13H28N2. The van der Waals surface area contributed by atoms with E-state index in [1.54, 1.807) is 0 Å². The van der Waals surface area contributed by atoms with Crippen LogP contribution in [0.25, 0.3) is 0 Å². The summed E-state index contributed by atoms with van der Waals surface area (Å²) in [5.74, 6) is 0.762. The smallest absolute Gasteiger partial charge is 0.0354 e. The van der Waals surface area contributed by atoms with Gasteiger partial charge in [-0.15, -0.1) is 0 Å². The van der Waals surface area contributed by atoms with Crippen molar-refractivity contribution in [2.75, 3.05) is 20.1 Å². The van der Waals surface area contributed by atoms with Gasteiger partial charge in [-0.3, -0.25) is 4.90 Å². The summed E-state index contributed by atoms with van der Waals surface area (Å²) in [5, 5.41) is 0. The highest BCUT2D eigenvalue weighted by atomic mass is 15.2. The van der Waals surface area contributed by atoms with Crippen molar-refractivity contribution in [1.29, 1.82) is 0 Å². The van der Waals surface area contributed by atoms with Crippen LogP contribution in [-0.2, 0) is 0 Å². The van der Waals surface area contributed by atoms with Crippen LogP contribution in [0.3, 0.4) is 0 Å². The van der Waals surface area contributed by atoms with Gasteiger partial charge in [0.05, 0.1) is 0 Å². The molecule has 0 heterocycles. The van der Waals surface area contributed by atoms with Crippen LogP contribution in [0.5, 0.6) is 0 Å². The summed E-state index contributed by atoms with van der Waals surface area (Å²) in [4.78, 5) is 2.54. The Morgan fingerprint density at radius 2 is 2.13 bits per heavy atom. The highest BCUT2D eigenvalue weighted by Gasteiger charge is 2.39. The van der Waals surface area contributed by atoms with Gasteiger partial charge in [0.15, 0.2) is 0 Å². The van der Waals surface area contributed by atoms with Crippen molar-refractivity contribution < 1.29 is 0 Å². The summed E-state index contributed by atoms with van der Waals surface area (Å²) in [5.41, 5.74) is 6.36. The Morgan fingerprint density at radius 1 is 1.40 bits per heavy atom. The zero-order chi connectivity index (χ0) is 11.3. The minimum absolute atomic E-state index is 0.299. The average molecular weight is 212 g/mol. The van der Waals surface area contributed by atoms with Crippen LogP contribution in [0.4, 0.5) is 0 Å². The van der Waals surface area contributed by atoms with Crippen LogP contribution in [0.15, 0.2) is 0 Å². The largest absolute Gasteiger partial charge is 0.329 e. The van der Waals surface area contributed by atoms with Gasteiger partial charge in [0.25, 0.3) is 0 Å². The number of likely N-dealkylation sites (N-methyl/N-ethyl adjacent to an activating group) is 1. The van der Waals surface area contributed by atoms with Gasteiger partial charge in [0, 0.05) is 12.1 Å². The fourth-order valence-corrected chi connectivity index (χ4v) is 3.04. The lowest BCUT2D eigenvalue weighted by atomic mass is 9.72. The molecule has 15 heavy (non-hydrogen) atoms. The van der Waals surface area contributed by atoms with Crippen molar-refractivity contribution in [3.05, 3.63) is 0 Å². The number of hydrogen-bond donors (Lipinski definition) is 1. The molecular weight excluding hydrogens is 184 g/mol. The van der Waals surface area contributed by atoms with E-state index in [9.17, 15) is 0 Å². The van der Waals surface area contributed by atoms with Crippen molar-refractivity contribution in [2.24, 2.45) is 11.7 Å². The fraction of sp³-hybridized carbons (Fsp3) is 1.00. The Bertz CT molecular complexity index is 181. The number of rotatable bonds is 5. The molecule has 2 N–H and O–H groups in total. The predicted molar refractivity (Wildman–Crippen MR) is 67.0 cm³/mol. The Labute approximate surface area is 95.2 Å². The van der Waals surface area contributed by atoms with Crippen LogP contribution in [-0.4, -0.2) is 30.6 Å². The van der Waals surface area contributed by atoms with Gasteiger partial charge in [-0.1, -0.05) is 33.1 Å². The third kappa shape index (κ3) is 2.73. The SMILES string of the molecule is CCCCN(C)C1(CN)CCCCC1C. The van der Waals surface area contributed by atoms with Crippen molar-refractivity contribution in [3.8, 4) is 0 Å². The Balaban J connectivity index is 2.63. The third-order valence-corrected chi connectivity index (χ3v) is 4.37. The highest BCUT2D eigenvalue weighted by molar-refractivity contribution is 4.97. The molecule has 90 valence electrons. The molecule has 2 atom stereocenters. The average Bonchev–Trinajstić information content (AvgIpc) is 2.27. The maximum Gasteiger partial charge on any atom is 0.0354 e. The fourth-order valence-electron chi connectivity index (χ4n) is 3.04. The van der Waals surface area contributed by atoms with Crippen molar-refractivity contribution in [3.63, 3.8) is 0 Å². The van der Waals surface area contributed by atoms with E-state index in [1.807, 2.05) is 0 Å². The normalized spacial score (nSPS) is 32.2. The second kappa shape index (κ2) is 5.86. The third-order valence-electron chi connectivity index (χ3n) is 4.37. The van der Waals surface area contributed by atoms with Gasteiger partial charge >= 0.3 is 0 Å². The van der Waals surface area contributed by atoms with E-state index in [-0.39, 0.29) is 0 Å². The molecule has 0 bridgehead atoms. The maximum absolute atomic E-state index is 6.06. The molecule has 0 saturated heterocycles. The zero-order valence-electron chi connectivity index (χ0n) is 10.8. The quantitative estimate of drug-likeness (QED) is 0.759. The number of unbranched alkanes of at least 4 members (excludes halogenated alkanes) is 1. The first-order chi connectivity index (χ1) is 7.17. The molecule has 2 nitrogen and oxygen atoms in total.